The van der Waals surface area contributed by atoms with Crippen LogP contribution in [0.4, 0.5) is 4.79 Å². The van der Waals surface area contributed by atoms with E-state index in [2.05, 4.69) is 5.32 Å². The van der Waals surface area contributed by atoms with Gasteiger partial charge in [-0.05, 0) is 46.5 Å². The van der Waals surface area contributed by atoms with Crippen LogP contribution >= 0.6 is 0 Å². The van der Waals surface area contributed by atoms with Crippen molar-refractivity contribution in [3.8, 4) is 0 Å². The van der Waals surface area contributed by atoms with Crippen molar-refractivity contribution in [2.24, 2.45) is 5.92 Å². The highest BCUT2D eigenvalue weighted by molar-refractivity contribution is 5.89. The number of carboxylic acids is 1. The highest BCUT2D eigenvalue weighted by atomic mass is 16.6. The van der Waals surface area contributed by atoms with Crippen molar-refractivity contribution in [3.05, 3.63) is 0 Å². The predicted octanol–water partition coefficient (Wildman–Crippen LogP) is 2.39. The fraction of sp³-hybridized carbons (Fsp3) is 0.824. The van der Waals surface area contributed by atoms with Gasteiger partial charge in [0.25, 0.3) is 0 Å². The number of nitrogens with zero attached hydrogens (tertiary/aromatic N) is 1. The number of ether oxygens (including phenoxy) is 1. The zero-order valence-electron chi connectivity index (χ0n) is 15.3. The molecule has 0 spiro atoms. The Balaban J connectivity index is 2.68. The maximum atomic E-state index is 12.4. The van der Waals surface area contributed by atoms with Gasteiger partial charge in [0.1, 0.15) is 17.7 Å². The summed E-state index contributed by atoms with van der Waals surface area (Å²) in [6.45, 7) is 6.78. The molecule has 2 N–H and O–H groups in total. The molecule has 0 aromatic rings. The third kappa shape index (κ3) is 6.02. The first-order valence-electron chi connectivity index (χ1n) is 8.52. The number of amides is 2. The molecular formula is C17H30N2O5. The van der Waals surface area contributed by atoms with Crippen molar-refractivity contribution in [2.75, 3.05) is 7.05 Å². The zero-order valence-corrected chi connectivity index (χ0v) is 15.3. The highest BCUT2D eigenvalue weighted by Crippen LogP contribution is 2.26. The molecule has 24 heavy (non-hydrogen) atoms. The van der Waals surface area contributed by atoms with Gasteiger partial charge in [-0.15, -0.1) is 0 Å². The first-order valence-corrected chi connectivity index (χ1v) is 8.52. The monoisotopic (exact) mass is 342 g/mol. The second kappa shape index (κ2) is 8.35. The maximum Gasteiger partial charge on any atom is 0.410 e. The summed E-state index contributed by atoms with van der Waals surface area (Å²) in [7, 11) is 1.47. The van der Waals surface area contributed by atoms with E-state index in [4.69, 9.17) is 4.74 Å². The normalized spacial score (nSPS) is 18.4. The van der Waals surface area contributed by atoms with Gasteiger partial charge < -0.3 is 15.2 Å². The fourth-order valence-electron chi connectivity index (χ4n) is 2.79. The lowest BCUT2D eigenvalue weighted by Gasteiger charge is -2.31. The molecular weight excluding hydrogens is 312 g/mol. The summed E-state index contributed by atoms with van der Waals surface area (Å²) in [6.07, 6.45) is 4.06. The molecule has 0 saturated heterocycles. The Morgan fingerprint density at radius 3 is 2.17 bits per heavy atom. The van der Waals surface area contributed by atoms with Crippen molar-refractivity contribution < 1.29 is 24.2 Å². The minimum atomic E-state index is -1.03. The Bertz CT molecular complexity index is 466. The van der Waals surface area contributed by atoms with Crippen LogP contribution in [0.5, 0.6) is 0 Å². The number of likely N-dealkylation sites (N-methyl/N-ethyl adjacent to an activating group) is 1. The SMILES string of the molecule is C[C@@H](C(=O)NC(C(=O)O)C1CCCCC1)N(C)C(=O)OC(C)(C)C. The molecule has 1 fully saturated rings. The fourth-order valence-corrected chi connectivity index (χ4v) is 2.79. The molecule has 7 heteroatoms. The van der Waals surface area contributed by atoms with E-state index in [0.717, 1.165) is 32.1 Å². The quantitative estimate of drug-likeness (QED) is 0.800. The Morgan fingerprint density at radius 1 is 1.17 bits per heavy atom. The van der Waals surface area contributed by atoms with Gasteiger partial charge in [0.2, 0.25) is 5.91 Å². The van der Waals surface area contributed by atoms with E-state index < -0.39 is 35.7 Å². The van der Waals surface area contributed by atoms with Crippen molar-refractivity contribution in [2.45, 2.75) is 77.5 Å². The van der Waals surface area contributed by atoms with Crippen LogP contribution in [0.1, 0.15) is 59.8 Å². The van der Waals surface area contributed by atoms with E-state index >= 15 is 0 Å². The lowest BCUT2D eigenvalue weighted by Crippen LogP contribution is -2.53. The average Bonchev–Trinajstić information content (AvgIpc) is 2.49. The molecule has 1 unspecified atom stereocenters. The standard InChI is InChI=1S/C17H30N2O5/c1-11(19(5)16(23)24-17(2,3)4)14(20)18-13(15(21)22)12-9-7-6-8-10-12/h11-13H,6-10H2,1-5H3,(H,18,20)(H,21,22)/t11-,13?/m0/s1. The minimum Gasteiger partial charge on any atom is -0.480 e. The summed E-state index contributed by atoms with van der Waals surface area (Å²) in [6, 6.07) is -1.72. The van der Waals surface area contributed by atoms with Crippen LogP contribution in [0.15, 0.2) is 0 Å². The number of hydrogen-bond acceptors (Lipinski definition) is 4. The largest absolute Gasteiger partial charge is 0.480 e. The third-order valence-electron chi connectivity index (χ3n) is 4.33. The van der Waals surface area contributed by atoms with Gasteiger partial charge in [-0.3, -0.25) is 9.69 Å². The van der Waals surface area contributed by atoms with Crippen LogP contribution in [0, 0.1) is 5.92 Å². The van der Waals surface area contributed by atoms with E-state index in [9.17, 15) is 19.5 Å². The molecule has 138 valence electrons. The molecule has 7 nitrogen and oxygen atoms in total. The van der Waals surface area contributed by atoms with Crippen molar-refractivity contribution in [3.63, 3.8) is 0 Å². The molecule has 0 bridgehead atoms. The van der Waals surface area contributed by atoms with Gasteiger partial charge in [-0.25, -0.2) is 9.59 Å². The number of hydrogen-bond donors (Lipinski definition) is 2. The Labute approximate surface area is 143 Å². The van der Waals surface area contributed by atoms with Crippen molar-refractivity contribution >= 4 is 18.0 Å². The van der Waals surface area contributed by atoms with E-state index in [-0.39, 0.29) is 5.92 Å². The Morgan fingerprint density at radius 2 is 1.71 bits per heavy atom. The van der Waals surface area contributed by atoms with Crippen LogP contribution < -0.4 is 5.32 Å². The van der Waals surface area contributed by atoms with Crippen LogP contribution in [-0.2, 0) is 14.3 Å². The summed E-state index contributed by atoms with van der Waals surface area (Å²) in [5, 5.41) is 12.0. The van der Waals surface area contributed by atoms with E-state index in [1.54, 1.807) is 27.7 Å². The van der Waals surface area contributed by atoms with Crippen molar-refractivity contribution in [1.29, 1.82) is 0 Å². The summed E-state index contributed by atoms with van der Waals surface area (Å²) in [5.74, 6) is -1.57. The molecule has 1 rings (SSSR count). The third-order valence-corrected chi connectivity index (χ3v) is 4.33. The molecule has 0 aliphatic heterocycles. The second-order valence-electron chi connectivity index (χ2n) is 7.49. The number of carbonyl (C=O) groups is 3. The lowest BCUT2D eigenvalue weighted by molar-refractivity contribution is -0.144. The first-order chi connectivity index (χ1) is 11.0. The van der Waals surface area contributed by atoms with Crippen LogP contribution in [0.2, 0.25) is 0 Å². The van der Waals surface area contributed by atoms with E-state index in [1.807, 2.05) is 0 Å². The average molecular weight is 342 g/mol. The molecule has 1 aliphatic rings. The van der Waals surface area contributed by atoms with Gasteiger partial charge in [-0.2, -0.15) is 0 Å². The van der Waals surface area contributed by atoms with E-state index in [0.29, 0.717) is 0 Å². The van der Waals surface area contributed by atoms with Crippen LogP contribution in [0.3, 0.4) is 0 Å². The smallest absolute Gasteiger partial charge is 0.410 e. The summed E-state index contributed by atoms with van der Waals surface area (Å²) >= 11 is 0. The van der Waals surface area contributed by atoms with Gasteiger partial charge in [-0.1, -0.05) is 19.3 Å². The summed E-state index contributed by atoms with van der Waals surface area (Å²) < 4.78 is 5.23. The molecule has 0 heterocycles. The maximum absolute atomic E-state index is 12.4. The number of carboxylic acid groups (broad SMARTS) is 1. The highest BCUT2D eigenvalue weighted by Gasteiger charge is 2.34. The summed E-state index contributed by atoms with van der Waals surface area (Å²) in [4.78, 5) is 37.1. The van der Waals surface area contributed by atoms with Crippen molar-refractivity contribution in [1.82, 2.24) is 10.2 Å². The lowest BCUT2D eigenvalue weighted by atomic mass is 9.84. The number of carbonyl (C=O) groups excluding carboxylic acids is 2. The summed E-state index contributed by atoms with van der Waals surface area (Å²) in [5.41, 5.74) is -0.659. The van der Waals surface area contributed by atoms with Gasteiger partial charge >= 0.3 is 12.1 Å². The second-order valence-corrected chi connectivity index (χ2v) is 7.49. The zero-order chi connectivity index (χ0) is 18.5. The van der Waals surface area contributed by atoms with Gasteiger partial charge in [0, 0.05) is 7.05 Å². The molecule has 1 aliphatic carbocycles. The Hall–Kier alpha value is -1.79. The van der Waals surface area contributed by atoms with Crippen LogP contribution in [0.25, 0.3) is 0 Å². The number of nitrogens with one attached hydrogen (secondary N) is 1. The number of aliphatic carboxylic acids is 1. The Kier molecular flexibility index (Phi) is 7.05. The number of rotatable bonds is 5. The van der Waals surface area contributed by atoms with Gasteiger partial charge in [0.15, 0.2) is 0 Å². The topological polar surface area (TPSA) is 95.9 Å². The molecule has 1 saturated carbocycles. The minimum absolute atomic E-state index is 0.0563. The molecule has 2 atom stereocenters. The molecule has 0 aromatic carbocycles. The molecule has 0 aromatic heterocycles. The molecule has 2 amide bonds. The van der Waals surface area contributed by atoms with E-state index in [1.165, 1.54) is 11.9 Å². The predicted molar refractivity (Wildman–Crippen MR) is 89.6 cm³/mol. The van der Waals surface area contributed by atoms with Gasteiger partial charge in [0.05, 0.1) is 0 Å². The first kappa shape index (κ1) is 20.3. The molecule has 0 radical (unpaired) electrons. The van der Waals surface area contributed by atoms with Crippen LogP contribution in [-0.4, -0.2) is 52.7 Å².